The quantitative estimate of drug-likeness (QED) is 0.787. The van der Waals surface area contributed by atoms with E-state index in [-0.39, 0.29) is 5.82 Å². The van der Waals surface area contributed by atoms with Gasteiger partial charge in [0.25, 0.3) is 0 Å². The standard InChI is InChI=1S/C18H20BrFO/c1-9-10(2)12(4)17(13(5)11(9)3)18(21)15-8-14(20)6-7-16(15)19/h6-8,18,21H,1-5H3. The molecule has 0 bridgehead atoms. The Hall–Kier alpha value is -1.19. The van der Waals surface area contributed by atoms with Gasteiger partial charge in [-0.1, -0.05) is 15.9 Å². The first-order valence-corrected chi connectivity index (χ1v) is 7.74. The van der Waals surface area contributed by atoms with Crippen LogP contribution in [-0.4, -0.2) is 5.11 Å². The van der Waals surface area contributed by atoms with Crippen molar-refractivity contribution in [1.82, 2.24) is 0 Å². The smallest absolute Gasteiger partial charge is 0.123 e. The summed E-state index contributed by atoms with van der Waals surface area (Å²) in [4.78, 5) is 0. The van der Waals surface area contributed by atoms with Gasteiger partial charge >= 0.3 is 0 Å². The van der Waals surface area contributed by atoms with Gasteiger partial charge in [0, 0.05) is 10.0 Å². The van der Waals surface area contributed by atoms with Crippen LogP contribution in [-0.2, 0) is 0 Å². The second-order valence-electron chi connectivity index (χ2n) is 5.61. The van der Waals surface area contributed by atoms with Crippen molar-refractivity contribution >= 4 is 15.9 Å². The van der Waals surface area contributed by atoms with Gasteiger partial charge in [-0.25, -0.2) is 4.39 Å². The molecule has 0 aromatic heterocycles. The number of aliphatic hydroxyl groups is 1. The van der Waals surface area contributed by atoms with Gasteiger partial charge < -0.3 is 5.11 Å². The van der Waals surface area contributed by atoms with E-state index in [0.29, 0.717) is 10.0 Å². The van der Waals surface area contributed by atoms with E-state index in [2.05, 4.69) is 36.7 Å². The van der Waals surface area contributed by atoms with E-state index in [9.17, 15) is 9.50 Å². The maximum Gasteiger partial charge on any atom is 0.123 e. The van der Waals surface area contributed by atoms with Gasteiger partial charge in [-0.3, -0.25) is 0 Å². The minimum absolute atomic E-state index is 0.344. The van der Waals surface area contributed by atoms with Crippen LogP contribution >= 0.6 is 15.9 Å². The van der Waals surface area contributed by atoms with Crippen LogP contribution in [0.2, 0.25) is 0 Å². The number of hydrogen-bond acceptors (Lipinski definition) is 1. The maximum atomic E-state index is 13.5. The highest BCUT2D eigenvalue weighted by atomic mass is 79.9. The lowest BCUT2D eigenvalue weighted by atomic mass is 9.85. The Balaban J connectivity index is 2.69. The van der Waals surface area contributed by atoms with Gasteiger partial charge in [-0.15, -0.1) is 0 Å². The van der Waals surface area contributed by atoms with E-state index in [1.165, 1.54) is 28.8 Å². The number of aliphatic hydroxyl groups excluding tert-OH is 1. The predicted molar refractivity (Wildman–Crippen MR) is 88.3 cm³/mol. The second kappa shape index (κ2) is 5.90. The highest BCUT2D eigenvalue weighted by Gasteiger charge is 2.22. The van der Waals surface area contributed by atoms with Crippen LogP contribution in [0.4, 0.5) is 4.39 Å². The van der Waals surface area contributed by atoms with Crippen molar-refractivity contribution in [2.75, 3.05) is 0 Å². The molecule has 0 spiro atoms. The van der Waals surface area contributed by atoms with Crippen LogP contribution < -0.4 is 0 Å². The summed E-state index contributed by atoms with van der Waals surface area (Å²) in [7, 11) is 0. The molecule has 0 aliphatic heterocycles. The molecule has 1 atom stereocenters. The first-order chi connectivity index (χ1) is 9.75. The minimum Gasteiger partial charge on any atom is -0.384 e. The van der Waals surface area contributed by atoms with Gasteiger partial charge in [0.1, 0.15) is 11.9 Å². The highest BCUT2D eigenvalue weighted by Crippen LogP contribution is 2.36. The fraction of sp³-hybridized carbons (Fsp3) is 0.333. The summed E-state index contributed by atoms with van der Waals surface area (Å²) < 4.78 is 14.2. The predicted octanol–water partition coefficient (Wildman–Crippen LogP) is 5.21. The Kier molecular flexibility index (Phi) is 4.54. The molecule has 0 amide bonds. The van der Waals surface area contributed by atoms with E-state index in [0.717, 1.165) is 16.7 Å². The van der Waals surface area contributed by atoms with Crippen LogP contribution in [0.15, 0.2) is 22.7 Å². The lowest BCUT2D eigenvalue weighted by Gasteiger charge is -2.23. The molecule has 2 aromatic rings. The van der Waals surface area contributed by atoms with Crippen LogP contribution in [0.1, 0.15) is 45.0 Å². The third kappa shape index (κ3) is 2.77. The first kappa shape index (κ1) is 16.2. The minimum atomic E-state index is -0.840. The molecule has 0 saturated carbocycles. The fourth-order valence-corrected chi connectivity index (χ4v) is 3.28. The van der Waals surface area contributed by atoms with Crippen LogP contribution in [0.25, 0.3) is 0 Å². The Morgan fingerprint density at radius 2 is 1.38 bits per heavy atom. The van der Waals surface area contributed by atoms with E-state index in [1.54, 1.807) is 6.07 Å². The summed E-state index contributed by atoms with van der Waals surface area (Å²) in [6.07, 6.45) is -0.840. The normalized spacial score (nSPS) is 12.6. The fourth-order valence-electron chi connectivity index (χ4n) is 2.82. The third-order valence-corrected chi connectivity index (χ3v) is 5.31. The molecule has 2 rings (SSSR count). The van der Waals surface area contributed by atoms with E-state index in [1.807, 2.05) is 13.8 Å². The molecule has 0 aliphatic carbocycles. The SMILES string of the molecule is Cc1c(C)c(C)c(C(O)c2cc(F)ccc2Br)c(C)c1C. The summed E-state index contributed by atoms with van der Waals surface area (Å²) in [5, 5.41) is 10.8. The molecular formula is C18H20BrFO. The zero-order valence-electron chi connectivity index (χ0n) is 13.0. The molecular weight excluding hydrogens is 331 g/mol. The van der Waals surface area contributed by atoms with Crippen molar-refractivity contribution in [3.63, 3.8) is 0 Å². The van der Waals surface area contributed by atoms with E-state index in [4.69, 9.17) is 0 Å². The molecule has 0 fully saturated rings. The topological polar surface area (TPSA) is 20.2 Å². The van der Waals surface area contributed by atoms with Crippen molar-refractivity contribution in [2.45, 2.75) is 40.7 Å². The molecule has 0 saturated heterocycles. The number of rotatable bonds is 2. The van der Waals surface area contributed by atoms with Crippen LogP contribution in [0.5, 0.6) is 0 Å². The zero-order chi connectivity index (χ0) is 15.9. The lowest BCUT2D eigenvalue weighted by molar-refractivity contribution is 0.217. The van der Waals surface area contributed by atoms with Crippen molar-refractivity contribution in [1.29, 1.82) is 0 Å². The van der Waals surface area contributed by atoms with Gasteiger partial charge in [0.15, 0.2) is 0 Å². The van der Waals surface area contributed by atoms with Crippen molar-refractivity contribution in [3.05, 3.63) is 67.4 Å². The number of halogens is 2. The maximum absolute atomic E-state index is 13.5. The molecule has 1 N–H and O–H groups in total. The van der Waals surface area contributed by atoms with E-state index >= 15 is 0 Å². The Morgan fingerprint density at radius 1 is 0.905 bits per heavy atom. The summed E-state index contributed by atoms with van der Waals surface area (Å²) in [5.41, 5.74) is 7.18. The van der Waals surface area contributed by atoms with Gasteiger partial charge in [0.05, 0.1) is 0 Å². The van der Waals surface area contributed by atoms with E-state index < -0.39 is 6.10 Å². The Labute approximate surface area is 134 Å². The van der Waals surface area contributed by atoms with Gasteiger partial charge in [0.2, 0.25) is 0 Å². The second-order valence-corrected chi connectivity index (χ2v) is 6.46. The molecule has 2 aromatic carbocycles. The Bertz CT molecular complexity index is 678. The molecule has 1 nitrogen and oxygen atoms in total. The average molecular weight is 351 g/mol. The molecule has 21 heavy (non-hydrogen) atoms. The third-order valence-electron chi connectivity index (χ3n) is 4.58. The molecule has 0 radical (unpaired) electrons. The first-order valence-electron chi connectivity index (χ1n) is 6.95. The lowest BCUT2D eigenvalue weighted by Crippen LogP contribution is -2.10. The number of benzene rings is 2. The Morgan fingerprint density at radius 3 is 1.90 bits per heavy atom. The summed E-state index contributed by atoms with van der Waals surface area (Å²) in [5.74, 6) is -0.344. The average Bonchev–Trinajstić information content (AvgIpc) is 2.45. The molecule has 0 aliphatic rings. The number of hydrogen-bond donors (Lipinski definition) is 1. The van der Waals surface area contributed by atoms with Crippen molar-refractivity contribution < 1.29 is 9.50 Å². The molecule has 3 heteroatoms. The largest absolute Gasteiger partial charge is 0.384 e. The van der Waals surface area contributed by atoms with Crippen LogP contribution in [0.3, 0.4) is 0 Å². The van der Waals surface area contributed by atoms with Gasteiger partial charge in [-0.05, 0) is 86.2 Å². The van der Waals surface area contributed by atoms with Crippen molar-refractivity contribution in [3.8, 4) is 0 Å². The summed E-state index contributed by atoms with van der Waals surface area (Å²) in [6.45, 7) is 10.3. The molecule has 112 valence electrons. The van der Waals surface area contributed by atoms with Crippen molar-refractivity contribution in [2.24, 2.45) is 0 Å². The summed E-state index contributed by atoms with van der Waals surface area (Å²) >= 11 is 3.40. The van der Waals surface area contributed by atoms with Crippen LogP contribution in [0, 0.1) is 40.4 Å². The summed E-state index contributed by atoms with van der Waals surface area (Å²) in [6, 6.07) is 4.40. The molecule has 1 unspecified atom stereocenters. The zero-order valence-corrected chi connectivity index (χ0v) is 14.6. The monoisotopic (exact) mass is 350 g/mol. The highest BCUT2D eigenvalue weighted by molar-refractivity contribution is 9.10. The molecule has 0 heterocycles. The van der Waals surface area contributed by atoms with Gasteiger partial charge in [-0.2, -0.15) is 0 Å².